The van der Waals surface area contributed by atoms with E-state index in [0.29, 0.717) is 18.7 Å². The SMILES string of the molecule is CC1CN2CCCCC2CN1CCOCC(F)F. The first-order chi connectivity index (χ1) is 8.66. The van der Waals surface area contributed by atoms with Crippen molar-refractivity contribution in [3.63, 3.8) is 0 Å². The molecule has 0 aromatic rings. The van der Waals surface area contributed by atoms with Gasteiger partial charge in [-0.1, -0.05) is 6.42 Å². The third-order valence-corrected chi connectivity index (χ3v) is 4.08. The summed E-state index contributed by atoms with van der Waals surface area (Å²) in [6, 6.07) is 1.18. The molecule has 2 saturated heterocycles. The van der Waals surface area contributed by atoms with E-state index in [1.54, 1.807) is 0 Å². The van der Waals surface area contributed by atoms with Crippen molar-refractivity contribution < 1.29 is 13.5 Å². The summed E-state index contributed by atoms with van der Waals surface area (Å²) in [5, 5.41) is 0. The van der Waals surface area contributed by atoms with Gasteiger partial charge in [-0.2, -0.15) is 0 Å². The van der Waals surface area contributed by atoms with Crippen LogP contribution in [0.15, 0.2) is 0 Å². The van der Waals surface area contributed by atoms with E-state index >= 15 is 0 Å². The van der Waals surface area contributed by atoms with Gasteiger partial charge in [-0.25, -0.2) is 8.78 Å². The lowest BCUT2D eigenvalue weighted by Gasteiger charge is -2.47. The van der Waals surface area contributed by atoms with Gasteiger partial charge in [0.2, 0.25) is 0 Å². The van der Waals surface area contributed by atoms with Crippen LogP contribution in [0.4, 0.5) is 8.78 Å². The number of halogens is 2. The quantitative estimate of drug-likeness (QED) is 0.703. The van der Waals surface area contributed by atoms with Crippen LogP contribution < -0.4 is 0 Å². The molecule has 5 heteroatoms. The van der Waals surface area contributed by atoms with E-state index in [2.05, 4.69) is 16.7 Å². The Kier molecular flexibility index (Phi) is 5.33. The van der Waals surface area contributed by atoms with Gasteiger partial charge in [0.1, 0.15) is 6.61 Å². The van der Waals surface area contributed by atoms with Crippen molar-refractivity contribution in [3.8, 4) is 0 Å². The van der Waals surface area contributed by atoms with Gasteiger partial charge in [0, 0.05) is 31.7 Å². The number of fused-ring (bicyclic) bond motifs is 1. The molecule has 2 aliphatic rings. The summed E-state index contributed by atoms with van der Waals surface area (Å²) in [4.78, 5) is 4.97. The molecule has 0 aromatic carbocycles. The van der Waals surface area contributed by atoms with Gasteiger partial charge >= 0.3 is 0 Å². The maximum absolute atomic E-state index is 12.0. The zero-order valence-corrected chi connectivity index (χ0v) is 11.2. The fraction of sp³-hybridized carbons (Fsp3) is 1.00. The summed E-state index contributed by atoms with van der Waals surface area (Å²) in [6.45, 7) is 6.39. The number of ether oxygens (including phenoxy) is 1. The molecule has 2 atom stereocenters. The van der Waals surface area contributed by atoms with Gasteiger partial charge in [-0.05, 0) is 26.3 Å². The van der Waals surface area contributed by atoms with Crippen LogP contribution in [0.25, 0.3) is 0 Å². The van der Waals surface area contributed by atoms with E-state index in [0.717, 1.165) is 19.6 Å². The second-order valence-corrected chi connectivity index (χ2v) is 5.45. The molecule has 3 nitrogen and oxygen atoms in total. The maximum Gasteiger partial charge on any atom is 0.261 e. The first kappa shape index (κ1) is 14.2. The van der Waals surface area contributed by atoms with Gasteiger partial charge in [0.25, 0.3) is 6.43 Å². The number of rotatable bonds is 5. The molecule has 2 rings (SSSR count). The van der Waals surface area contributed by atoms with Gasteiger partial charge < -0.3 is 4.74 Å². The minimum atomic E-state index is -2.35. The summed E-state index contributed by atoms with van der Waals surface area (Å²) in [6.07, 6.45) is 1.57. The topological polar surface area (TPSA) is 15.7 Å². The summed E-state index contributed by atoms with van der Waals surface area (Å²) < 4.78 is 28.9. The largest absolute Gasteiger partial charge is 0.374 e. The number of nitrogens with zero attached hydrogens (tertiary/aromatic N) is 2. The second kappa shape index (κ2) is 6.78. The molecule has 2 aliphatic heterocycles. The summed E-state index contributed by atoms with van der Waals surface area (Å²) >= 11 is 0. The van der Waals surface area contributed by atoms with Crippen molar-refractivity contribution in [1.82, 2.24) is 9.80 Å². The molecule has 106 valence electrons. The lowest BCUT2D eigenvalue weighted by molar-refractivity contribution is -0.0200. The zero-order chi connectivity index (χ0) is 13.0. The lowest BCUT2D eigenvalue weighted by Crippen LogP contribution is -2.59. The van der Waals surface area contributed by atoms with E-state index in [1.807, 2.05) is 0 Å². The Morgan fingerprint density at radius 1 is 1.28 bits per heavy atom. The Labute approximate surface area is 108 Å². The molecule has 0 N–H and O–H groups in total. The molecule has 0 spiro atoms. The Bertz CT molecular complexity index is 253. The highest BCUT2D eigenvalue weighted by molar-refractivity contribution is 4.88. The number of piperidine rings is 1. The fourth-order valence-electron chi connectivity index (χ4n) is 3.08. The van der Waals surface area contributed by atoms with Crippen LogP contribution in [0.1, 0.15) is 26.2 Å². The van der Waals surface area contributed by atoms with E-state index < -0.39 is 13.0 Å². The minimum absolute atomic E-state index is 0.418. The standard InChI is InChI=1S/C13H24F2N2O/c1-11-8-17-5-3-2-4-12(17)9-16(11)6-7-18-10-13(14)15/h11-13H,2-10H2,1H3. The average molecular weight is 262 g/mol. The van der Waals surface area contributed by atoms with Crippen molar-refractivity contribution in [2.24, 2.45) is 0 Å². The minimum Gasteiger partial charge on any atom is -0.374 e. The maximum atomic E-state index is 12.0. The van der Waals surface area contributed by atoms with E-state index in [1.165, 1.54) is 25.8 Å². The summed E-state index contributed by atoms with van der Waals surface area (Å²) in [7, 11) is 0. The first-order valence-corrected chi connectivity index (χ1v) is 7.01. The van der Waals surface area contributed by atoms with Crippen LogP contribution in [0.3, 0.4) is 0 Å². The highest BCUT2D eigenvalue weighted by atomic mass is 19.3. The number of alkyl halides is 2. The number of hydrogen-bond acceptors (Lipinski definition) is 3. The highest BCUT2D eigenvalue weighted by Crippen LogP contribution is 2.23. The van der Waals surface area contributed by atoms with Crippen molar-refractivity contribution in [1.29, 1.82) is 0 Å². The smallest absolute Gasteiger partial charge is 0.261 e. The Hall–Kier alpha value is -0.260. The van der Waals surface area contributed by atoms with Crippen LogP contribution in [0, 0.1) is 0 Å². The Morgan fingerprint density at radius 3 is 2.89 bits per heavy atom. The third-order valence-electron chi connectivity index (χ3n) is 4.08. The molecular formula is C13H24F2N2O. The van der Waals surface area contributed by atoms with Crippen LogP contribution in [-0.2, 0) is 4.74 Å². The van der Waals surface area contributed by atoms with Crippen molar-refractivity contribution in [3.05, 3.63) is 0 Å². The predicted molar refractivity (Wildman–Crippen MR) is 67.1 cm³/mol. The Morgan fingerprint density at radius 2 is 2.11 bits per heavy atom. The summed E-state index contributed by atoms with van der Waals surface area (Å²) in [5.41, 5.74) is 0. The highest BCUT2D eigenvalue weighted by Gasteiger charge is 2.32. The van der Waals surface area contributed by atoms with Gasteiger partial charge in [0.15, 0.2) is 0 Å². The molecule has 0 amide bonds. The monoisotopic (exact) mass is 262 g/mol. The molecule has 0 aromatic heterocycles. The molecule has 2 heterocycles. The molecule has 0 aliphatic carbocycles. The average Bonchev–Trinajstić information content (AvgIpc) is 2.34. The predicted octanol–water partition coefficient (Wildman–Crippen LogP) is 1.83. The Balaban J connectivity index is 1.71. The first-order valence-electron chi connectivity index (χ1n) is 7.01. The number of hydrogen-bond donors (Lipinski definition) is 0. The molecule has 0 saturated carbocycles. The summed E-state index contributed by atoms with van der Waals surface area (Å²) in [5.74, 6) is 0. The van der Waals surface area contributed by atoms with Crippen LogP contribution >= 0.6 is 0 Å². The zero-order valence-electron chi connectivity index (χ0n) is 11.2. The molecule has 2 fully saturated rings. The van der Waals surface area contributed by atoms with Crippen molar-refractivity contribution >= 4 is 0 Å². The molecule has 18 heavy (non-hydrogen) atoms. The fourth-order valence-corrected chi connectivity index (χ4v) is 3.08. The van der Waals surface area contributed by atoms with Crippen molar-refractivity contribution in [2.75, 3.05) is 39.4 Å². The van der Waals surface area contributed by atoms with Gasteiger partial charge in [-0.15, -0.1) is 0 Å². The van der Waals surface area contributed by atoms with Crippen LogP contribution in [0.5, 0.6) is 0 Å². The van der Waals surface area contributed by atoms with E-state index in [4.69, 9.17) is 4.74 Å². The third kappa shape index (κ3) is 3.87. The van der Waals surface area contributed by atoms with E-state index in [9.17, 15) is 8.78 Å². The van der Waals surface area contributed by atoms with E-state index in [-0.39, 0.29) is 0 Å². The van der Waals surface area contributed by atoms with Crippen LogP contribution in [0.2, 0.25) is 0 Å². The van der Waals surface area contributed by atoms with Crippen LogP contribution in [-0.4, -0.2) is 67.7 Å². The van der Waals surface area contributed by atoms with Gasteiger partial charge in [0.05, 0.1) is 6.61 Å². The molecule has 0 radical (unpaired) electrons. The molecular weight excluding hydrogens is 238 g/mol. The lowest BCUT2D eigenvalue weighted by atomic mass is 9.97. The normalized spacial score (nSPS) is 30.7. The van der Waals surface area contributed by atoms with Gasteiger partial charge in [-0.3, -0.25) is 9.80 Å². The van der Waals surface area contributed by atoms with Crippen molar-refractivity contribution in [2.45, 2.75) is 44.7 Å². The molecule has 2 unspecified atom stereocenters. The number of piperazine rings is 1. The second-order valence-electron chi connectivity index (χ2n) is 5.45. The molecule has 0 bridgehead atoms.